The first-order chi connectivity index (χ1) is 8.17. The highest BCUT2D eigenvalue weighted by atomic mass is 16.5. The van der Waals surface area contributed by atoms with Crippen molar-refractivity contribution in [1.82, 2.24) is 0 Å². The maximum absolute atomic E-state index is 11.9. The highest BCUT2D eigenvalue weighted by Gasteiger charge is 2.48. The van der Waals surface area contributed by atoms with Gasteiger partial charge in [0.1, 0.15) is 0 Å². The van der Waals surface area contributed by atoms with Crippen molar-refractivity contribution in [3.63, 3.8) is 0 Å². The van der Waals surface area contributed by atoms with Crippen LogP contribution in [-0.2, 0) is 14.3 Å². The number of ketones is 1. The van der Waals surface area contributed by atoms with Crippen LogP contribution in [0.1, 0.15) is 52.4 Å². The molecule has 0 radical (unpaired) electrons. The van der Waals surface area contributed by atoms with Crippen LogP contribution in [-0.4, -0.2) is 18.4 Å². The Balaban J connectivity index is 2.82. The summed E-state index contributed by atoms with van der Waals surface area (Å²) in [6.45, 7) is 4.13. The normalized spacial score (nSPS) is 23.1. The molecule has 1 unspecified atom stereocenters. The van der Waals surface area contributed by atoms with E-state index in [9.17, 15) is 9.59 Å². The van der Waals surface area contributed by atoms with Crippen LogP contribution < -0.4 is 0 Å². The second-order valence-corrected chi connectivity index (χ2v) is 4.31. The van der Waals surface area contributed by atoms with Gasteiger partial charge in [0, 0.05) is 12.8 Å². The van der Waals surface area contributed by atoms with Crippen molar-refractivity contribution in [1.29, 1.82) is 0 Å². The molecule has 3 nitrogen and oxygen atoms in total. The van der Waals surface area contributed by atoms with Crippen LogP contribution in [0.5, 0.6) is 0 Å². The Hall–Kier alpha value is -1.30. The molecule has 1 aliphatic rings. The molecule has 0 amide bonds. The maximum atomic E-state index is 11.9. The van der Waals surface area contributed by atoms with Gasteiger partial charge in [-0.1, -0.05) is 19.3 Å². The standard InChI is InChI=1S/C14H20O3/c1-3-5-6-7-10-14(13(16)17-4-2)11-8-9-12(14)15/h3-6,8-9,11H2,1-2H3. The molecule has 0 N–H and O–H groups in total. The molecule has 17 heavy (non-hydrogen) atoms. The van der Waals surface area contributed by atoms with E-state index < -0.39 is 11.4 Å². The maximum Gasteiger partial charge on any atom is 0.331 e. The van der Waals surface area contributed by atoms with Gasteiger partial charge >= 0.3 is 5.97 Å². The van der Waals surface area contributed by atoms with Gasteiger partial charge in [-0.05, 0) is 26.2 Å². The van der Waals surface area contributed by atoms with Crippen molar-refractivity contribution < 1.29 is 14.3 Å². The summed E-state index contributed by atoms with van der Waals surface area (Å²) in [4.78, 5) is 23.8. The van der Waals surface area contributed by atoms with E-state index in [2.05, 4.69) is 18.8 Å². The van der Waals surface area contributed by atoms with E-state index >= 15 is 0 Å². The van der Waals surface area contributed by atoms with Crippen LogP contribution in [0.15, 0.2) is 0 Å². The molecular formula is C14H20O3. The van der Waals surface area contributed by atoms with Crippen molar-refractivity contribution in [3.05, 3.63) is 0 Å². The second-order valence-electron chi connectivity index (χ2n) is 4.31. The van der Waals surface area contributed by atoms with E-state index in [1.165, 1.54) is 0 Å². The molecule has 0 aliphatic heterocycles. The first kappa shape index (κ1) is 13.8. The van der Waals surface area contributed by atoms with Crippen LogP contribution in [0.3, 0.4) is 0 Å². The number of carbonyl (C=O) groups excluding carboxylic acids is 2. The predicted molar refractivity (Wildman–Crippen MR) is 65.2 cm³/mol. The fourth-order valence-electron chi connectivity index (χ4n) is 2.00. The van der Waals surface area contributed by atoms with E-state index in [0.29, 0.717) is 19.4 Å². The SMILES string of the molecule is CCCCC#CC1(C(=O)OCC)CCCC1=O. The number of rotatable bonds is 4. The second kappa shape index (κ2) is 6.44. The number of hydrogen-bond acceptors (Lipinski definition) is 3. The van der Waals surface area contributed by atoms with E-state index in [1.54, 1.807) is 6.92 Å². The topological polar surface area (TPSA) is 43.4 Å². The molecule has 0 saturated heterocycles. The van der Waals surface area contributed by atoms with Gasteiger partial charge in [0.15, 0.2) is 11.2 Å². The van der Waals surface area contributed by atoms with E-state index in [-0.39, 0.29) is 5.78 Å². The lowest BCUT2D eigenvalue weighted by Crippen LogP contribution is -2.35. The highest BCUT2D eigenvalue weighted by Crippen LogP contribution is 2.35. The molecule has 0 aromatic carbocycles. The van der Waals surface area contributed by atoms with E-state index in [0.717, 1.165) is 25.7 Å². The minimum atomic E-state index is -1.15. The van der Waals surface area contributed by atoms with Gasteiger partial charge in [0.05, 0.1) is 6.61 Å². The smallest absolute Gasteiger partial charge is 0.331 e. The Morgan fingerprint density at radius 2 is 2.24 bits per heavy atom. The van der Waals surface area contributed by atoms with Gasteiger partial charge < -0.3 is 4.74 Å². The van der Waals surface area contributed by atoms with Crippen LogP contribution in [0.2, 0.25) is 0 Å². The lowest BCUT2D eigenvalue weighted by Gasteiger charge is -2.18. The van der Waals surface area contributed by atoms with Gasteiger partial charge in [-0.15, -0.1) is 5.92 Å². The van der Waals surface area contributed by atoms with Crippen LogP contribution in [0.25, 0.3) is 0 Å². The number of unbranched alkanes of at least 4 members (excludes halogenated alkanes) is 2. The summed E-state index contributed by atoms with van der Waals surface area (Å²) in [5.74, 6) is 5.34. The number of esters is 1. The van der Waals surface area contributed by atoms with Crippen molar-refractivity contribution in [3.8, 4) is 11.8 Å². The summed E-state index contributed by atoms with van der Waals surface area (Å²) in [5, 5.41) is 0. The first-order valence-electron chi connectivity index (χ1n) is 6.38. The molecule has 3 heteroatoms. The van der Waals surface area contributed by atoms with Crippen molar-refractivity contribution in [2.45, 2.75) is 52.4 Å². The summed E-state index contributed by atoms with van der Waals surface area (Å²) in [6.07, 6.45) is 4.51. The molecule has 0 aromatic heterocycles. The average Bonchev–Trinajstić information content (AvgIpc) is 2.68. The van der Waals surface area contributed by atoms with E-state index in [4.69, 9.17) is 4.74 Å². The Labute approximate surface area is 103 Å². The zero-order valence-corrected chi connectivity index (χ0v) is 10.7. The van der Waals surface area contributed by atoms with Gasteiger partial charge in [-0.2, -0.15) is 0 Å². The summed E-state index contributed by atoms with van der Waals surface area (Å²) in [5.41, 5.74) is -1.15. The van der Waals surface area contributed by atoms with Crippen molar-refractivity contribution in [2.75, 3.05) is 6.61 Å². The Bertz CT molecular complexity index is 348. The lowest BCUT2D eigenvalue weighted by molar-refractivity contribution is -0.154. The lowest BCUT2D eigenvalue weighted by atomic mass is 9.86. The third kappa shape index (κ3) is 3.09. The molecule has 1 aliphatic carbocycles. The average molecular weight is 236 g/mol. The Kier molecular flexibility index (Phi) is 5.21. The van der Waals surface area contributed by atoms with Gasteiger partial charge in [-0.3, -0.25) is 4.79 Å². The molecule has 1 rings (SSSR count). The van der Waals surface area contributed by atoms with Gasteiger partial charge in [0.2, 0.25) is 0 Å². The number of carbonyl (C=O) groups is 2. The minimum absolute atomic E-state index is 0.0695. The third-order valence-corrected chi connectivity index (χ3v) is 3.01. The summed E-state index contributed by atoms with van der Waals surface area (Å²) < 4.78 is 4.99. The summed E-state index contributed by atoms with van der Waals surface area (Å²) in [6, 6.07) is 0. The molecule has 0 aromatic rings. The molecule has 0 bridgehead atoms. The highest BCUT2D eigenvalue weighted by molar-refractivity contribution is 6.08. The monoisotopic (exact) mass is 236 g/mol. The predicted octanol–water partition coefficient (Wildman–Crippen LogP) is 2.48. The summed E-state index contributed by atoms with van der Waals surface area (Å²) in [7, 11) is 0. The molecular weight excluding hydrogens is 216 g/mol. The van der Waals surface area contributed by atoms with Gasteiger partial charge in [0.25, 0.3) is 0 Å². The van der Waals surface area contributed by atoms with Crippen LogP contribution in [0.4, 0.5) is 0 Å². The minimum Gasteiger partial charge on any atom is -0.465 e. The molecule has 94 valence electrons. The molecule has 0 spiro atoms. The molecule has 1 fully saturated rings. The molecule has 0 heterocycles. The fraction of sp³-hybridized carbons (Fsp3) is 0.714. The van der Waals surface area contributed by atoms with Crippen molar-refractivity contribution in [2.24, 2.45) is 5.41 Å². The Morgan fingerprint density at radius 1 is 1.47 bits per heavy atom. The van der Waals surface area contributed by atoms with E-state index in [1.807, 2.05) is 0 Å². The largest absolute Gasteiger partial charge is 0.465 e. The molecule has 1 saturated carbocycles. The van der Waals surface area contributed by atoms with Gasteiger partial charge in [-0.25, -0.2) is 4.79 Å². The number of hydrogen-bond donors (Lipinski definition) is 0. The zero-order chi connectivity index (χ0) is 12.7. The first-order valence-corrected chi connectivity index (χ1v) is 6.38. The van der Waals surface area contributed by atoms with Crippen molar-refractivity contribution >= 4 is 11.8 Å². The zero-order valence-electron chi connectivity index (χ0n) is 10.7. The number of Topliss-reactive ketones (excluding diaryl/α,β-unsaturated/α-hetero) is 1. The fourth-order valence-corrected chi connectivity index (χ4v) is 2.00. The summed E-state index contributed by atoms with van der Waals surface area (Å²) >= 11 is 0. The quantitative estimate of drug-likeness (QED) is 0.326. The third-order valence-electron chi connectivity index (χ3n) is 3.01. The van der Waals surface area contributed by atoms with Crippen LogP contribution >= 0.6 is 0 Å². The Morgan fingerprint density at radius 3 is 2.76 bits per heavy atom. The number of ether oxygens (including phenoxy) is 1. The van der Waals surface area contributed by atoms with Crippen LogP contribution in [0, 0.1) is 17.3 Å². The molecule has 1 atom stereocenters.